The minimum atomic E-state index is -0.755. The lowest BCUT2D eigenvalue weighted by atomic mass is 10.1. The maximum absolute atomic E-state index is 11.8. The van der Waals surface area contributed by atoms with Gasteiger partial charge in [0.25, 0.3) is 0 Å². The van der Waals surface area contributed by atoms with Gasteiger partial charge in [0, 0.05) is 32.5 Å². The van der Waals surface area contributed by atoms with E-state index < -0.39 is 6.23 Å². The highest BCUT2D eigenvalue weighted by molar-refractivity contribution is 5.80. The van der Waals surface area contributed by atoms with Crippen molar-refractivity contribution in [3.8, 4) is 0 Å². The molecule has 1 aliphatic heterocycles. The molecule has 1 aromatic carbocycles. The molecule has 0 spiro atoms. The summed E-state index contributed by atoms with van der Waals surface area (Å²) >= 11 is 0. The van der Waals surface area contributed by atoms with Crippen LogP contribution in [0.1, 0.15) is 57.4 Å². The molecule has 9 heteroatoms. The van der Waals surface area contributed by atoms with Crippen LogP contribution in [0.15, 0.2) is 29.3 Å². The fraction of sp³-hybridized carbons (Fsp3) is 0.636. The van der Waals surface area contributed by atoms with Gasteiger partial charge in [0.1, 0.15) is 0 Å². The number of hydrogen-bond donors (Lipinski definition) is 5. The number of nitrogens with zero attached hydrogens (tertiary/aromatic N) is 1. The maximum atomic E-state index is 11.8. The van der Waals surface area contributed by atoms with Gasteiger partial charge in [-0.15, -0.1) is 0 Å². The van der Waals surface area contributed by atoms with Crippen molar-refractivity contribution < 1.29 is 19.8 Å². The van der Waals surface area contributed by atoms with Crippen molar-refractivity contribution in [2.75, 3.05) is 31.7 Å². The summed E-state index contributed by atoms with van der Waals surface area (Å²) < 4.78 is 0. The highest BCUT2D eigenvalue weighted by Crippen LogP contribution is 2.12. The third kappa shape index (κ3) is 11.0. The summed E-state index contributed by atoms with van der Waals surface area (Å²) in [7, 11) is 0. The molecule has 1 aromatic rings. The van der Waals surface area contributed by atoms with Crippen LogP contribution in [0.4, 0.5) is 5.69 Å². The Hall–Kier alpha value is -2.36. The number of guanidine groups is 1. The molecule has 9 nitrogen and oxygen atoms in total. The molecule has 1 amide bonds. The van der Waals surface area contributed by atoms with E-state index in [1.54, 1.807) is 0 Å². The zero-order valence-electron chi connectivity index (χ0n) is 18.5. The molecule has 1 heterocycles. The largest absolute Gasteiger partial charge is 0.356 e. The molecule has 1 unspecified atom stereocenters. The first-order valence-corrected chi connectivity index (χ1v) is 11.3. The minimum Gasteiger partial charge on any atom is -0.356 e. The SMILES string of the molecule is CCCCC(=O)NC(Cc1ccc(NOCCCCCNC2=NCCCN2)cc1)OO. The number of rotatable bonds is 15. The van der Waals surface area contributed by atoms with Crippen molar-refractivity contribution in [2.24, 2.45) is 4.99 Å². The molecule has 0 saturated carbocycles. The van der Waals surface area contributed by atoms with Gasteiger partial charge in [-0.25, -0.2) is 10.1 Å². The monoisotopic (exact) mass is 435 g/mol. The molecule has 0 aromatic heterocycles. The van der Waals surface area contributed by atoms with Crippen molar-refractivity contribution >= 4 is 17.6 Å². The lowest BCUT2D eigenvalue weighted by molar-refractivity contribution is -0.284. The van der Waals surface area contributed by atoms with Gasteiger partial charge < -0.3 is 16.0 Å². The van der Waals surface area contributed by atoms with Gasteiger partial charge in [-0.05, 0) is 49.8 Å². The summed E-state index contributed by atoms with van der Waals surface area (Å²) in [6.07, 6.45) is 6.04. The lowest BCUT2D eigenvalue weighted by Gasteiger charge is -2.16. The molecule has 0 bridgehead atoms. The number of amides is 1. The number of carbonyl (C=O) groups excluding carboxylic acids is 1. The molecule has 0 saturated heterocycles. The Bertz CT molecular complexity index is 654. The molecule has 0 aliphatic carbocycles. The van der Waals surface area contributed by atoms with Gasteiger partial charge in [0.05, 0.1) is 12.3 Å². The van der Waals surface area contributed by atoms with Crippen molar-refractivity contribution in [3.63, 3.8) is 0 Å². The molecule has 1 aliphatic rings. The predicted molar refractivity (Wildman–Crippen MR) is 122 cm³/mol. The molecule has 5 N–H and O–H groups in total. The first-order valence-electron chi connectivity index (χ1n) is 11.3. The van der Waals surface area contributed by atoms with Crippen LogP contribution < -0.4 is 21.4 Å². The van der Waals surface area contributed by atoms with Gasteiger partial charge in [-0.2, -0.15) is 0 Å². The highest BCUT2D eigenvalue weighted by atomic mass is 17.1. The fourth-order valence-electron chi connectivity index (χ4n) is 3.09. The normalized spacial score (nSPS) is 14.3. The average Bonchev–Trinajstić information content (AvgIpc) is 2.80. The Balaban J connectivity index is 1.55. The van der Waals surface area contributed by atoms with Gasteiger partial charge in [-0.1, -0.05) is 25.5 Å². The predicted octanol–water partition coefficient (Wildman–Crippen LogP) is 2.80. The number of benzene rings is 1. The van der Waals surface area contributed by atoms with Crippen LogP contribution in [0.3, 0.4) is 0 Å². The van der Waals surface area contributed by atoms with Gasteiger partial charge in [0.2, 0.25) is 5.91 Å². The number of nitrogens with one attached hydrogen (secondary N) is 4. The van der Waals surface area contributed by atoms with E-state index in [-0.39, 0.29) is 5.91 Å². The Morgan fingerprint density at radius 3 is 2.77 bits per heavy atom. The molecule has 31 heavy (non-hydrogen) atoms. The van der Waals surface area contributed by atoms with Gasteiger partial charge >= 0.3 is 0 Å². The van der Waals surface area contributed by atoms with Crippen LogP contribution in [0.25, 0.3) is 0 Å². The maximum Gasteiger partial charge on any atom is 0.222 e. The van der Waals surface area contributed by atoms with Crippen LogP contribution >= 0.6 is 0 Å². The van der Waals surface area contributed by atoms with Crippen molar-refractivity contribution in [1.29, 1.82) is 0 Å². The third-order valence-corrected chi connectivity index (χ3v) is 4.88. The summed E-state index contributed by atoms with van der Waals surface area (Å²) in [5, 5.41) is 18.3. The number of unbranched alkanes of at least 4 members (excludes halogenated alkanes) is 3. The first kappa shape index (κ1) is 24.9. The Morgan fingerprint density at radius 2 is 2.06 bits per heavy atom. The van der Waals surface area contributed by atoms with E-state index in [1.165, 1.54) is 0 Å². The van der Waals surface area contributed by atoms with Crippen LogP contribution in [-0.2, 0) is 20.9 Å². The summed E-state index contributed by atoms with van der Waals surface area (Å²) in [6, 6.07) is 7.60. The molecular formula is C22H37N5O4. The second kappa shape index (κ2) is 15.4. The molecule has 2 rings (SSSR count). The zero-order valence-corrected chi connectivity index (χ0v) is 18.5. The standard InChI is InChI=1S/C22H37N5O4/c1-2-3-8-20(28)26-21(31-29)17-18-9-11-19(12-10-18)27-30-16-6-4-5-13-23-22-24-14-7-15-25-22/h9-12,21,27,29H,2-8,13-17H2,1H3,(H,26,28)(H2,23,24,25). The van der Waals surface area contributed by atoms with E-state index in [9.17, 15) is 4.79 Å². The van der Waals surface area contributed by atoms with Crippen LogP contribution in [0.5, 0.6) is 0 Å². The van der Waals surface area contributed by atoms with Crippen LogP contribution in [0, 0.1) is 0 Å². The van der Waals surface area contributed by atoms with E-state index in [2.05, 4.69) is 31.3 Å². The third-order valence-electron chi connectivity index (χ3n) is 4.88. The quantitative estimate of drug-likeness (QED) is 0.124. The smallest absolute Gasteiger partial charge is 0.222 e. The minimum absolute atomic E-state index is 0.122. The van der Waals surface area contributed by atoms with E-state index in [0.29, 0.717) is 19.4 Å². The number of carbonyl (C=O) groups is 1. The average molecular weight is 436 g/mol. The summed E-state index contributed by atoms with van der Waals surface area (Å²) in [4.78, 5) is 26.1. The Kier molecular flexibility index (Phi) is 12.4. The number of hydrogen-bond acceptors (Lipinski definition) is 8. The summed E-state index contributed by atoms with van der Waals surface area (Å²) in [5.41, 5.74) is 4.72. The molecule has 0 radical (unpaired) electrons. The summed E-state index contributed by atoms with van der Waals surface area (Å²) in [5.74, 6) is 0.797. The molecule has 0 fully saturated rings. The van der Waals surface area contributed by atoms with Crippen molar-refractivity contribution in [2.45, 2.75) is 64.5 Å². The Labute approximate surface area is 184 Å². The molecular weight excluding hydrogens is 398 g/mol. The Morgan fingerprint density at radius 1 is 1.23 bits per heavy atom. The zero-order chi connectivity index (χ0) is 22.2. The topological polar surface area (TPSA) is 116 Å². The van der Waals surface area contributed by atoms with E-state index in [1.807, 2.05) is 31.2 Å². The van der Waals surface area contributed by atoms with Crippen molar-refractivity contribution in [3.05, 3.63) is 29.8 Å². The van der Waals surface area contributed by atoms with Gasteiger partial charge in [-0.3, -0.25) is 20.1 Å². The van der Waals surface area contributed by atoms with Gasteiger partial charge in [0.15, 0.2) is 12.2 Å². The number of aliphatic imine (C=N–C) groups is 1. The van der Waals surface area contributed by atoms with E-state index >= 15 is 0 Å². The lowest BCUT2D eigenvalue weighted by Crippen LogP contribution is -2.41. The second-order valence-electron chi connectivity index (χ2n) is 7.61. The van der Waals surface area contributed by atoms with E-state index in [0.717, 1.165) is 75.4 Å². The van der Waals surface area contributed by atoms with E-state index in [4.69, 9.17) is 10.1 Å². The van der Waals surface area contributed by atoms with Crippen molar-refractivity contribution in [1.82, 2.24) is 16.0 Å². The second-order valence-corrected chi connectivity index (χ2v) is 7.61. The number of anilines is 1. The highest BCUT2D eigenvalue weighted by Gasteiger charge is 2.13. The van der Waals surface area contributed by atoms with Crippen LogP contribution in [0.2, 0.25) is 0 Å². The van der Waals surface area contributed by atoms with Crippen LogP contribution in [-0.4, -0.2) is 49.6 Å². The molecule has 1 atom stereocenters. The summed E-state index contributed by atoms with van der Waals surface area (Å²) in [6.45, 7) is 5.47. The fourth-order valence-corrected chi connectivity index (χ4v) is 3.09. The first-order chi connectivity index (χ1) is 15.2. The molecule has 174 valence electrons.